The molecule has 2 aromatic heterocycles. The van der Waals surface area contributed by atoms with Crippen LogP contribution in [0, 0.1) is 13.8 Å². The van der Waals surface area contributed by atoms with Gasteiger partial charge < -0.3 is 0 Å². The molecule has 2 aromatic rings. The molecule has 0 aliphatic rings. The zero-order valence-corrected chi connectivity index (χ0v) is 9.43. The fraction of sp³-hybridized carbons (Fsp3) is 0.400. The molecule has 2 heterocycles. The number of hydrogen-bond acceptors (Lipinski definition) is 3. The minimum absolute atomic E-state index is 0.949. The molecule has 74 valence electrons. The average molecular weight is 207 g/mol. The maximum atomic E-state index is 4.49. The Hall–Kier alpha value is -1.16. The summed E-state index contributed by atoms with van der Waals surface area (Å²) in [5.41, 5.74) is 3.65. The quantitative estimate of drug-likeness (QED) is 0.757. The molecule has 0 N–H and O–H groups in total. The zero-order chi connectivity index (χ0) is 10.1. The molecule has 3 nitrogen and oxygen atoms in total. The molecule has 0 unspecified atom stereocenters. The lowest BCUT2D eigenvalue weighted by Gasteiger charge is -1.98. The van der Waals surface area contributed by atoms with Gasteiger partial charge in [0.1, 0.15) is 0 Å². The van der Waals surface area contributed by atoms with E-state index in [0.29, 0.717) is 0 Å². The molecule has 0 aliphatic carbocycles. The maximum absolute atomic E-state index is 4.49. The predicted molar refractivity (Wildman–Crippen MR) is 58.1 cm³/mol. The second-order valence-electron chi connectivity index (χ2n) is 3.23. The van der Waals surface area contributed by atoms with Gasteiger partial charge in [-0.1, -0.05) is 6.92 Å². The lowest BCUT2D eigenvalue weighted by Crippen LogP contribution is -1.98. The fourth-order valence-corrected chi connectivity index (χ4v) is 2.34. The molecule has 0 saturated heterocycles. The first-order valence-electron chi connectivity index (χ1n) is 4.69. The third-order valence-electron chi connectivity index (χ3n) is 2.40. The van der Waals surface area contributed by atoms with Crippen molar-refractivity contribution in [2.24, 2.45) is 0 Å². The van der Waals surface area contributed by atoms with Crippen molar-refractivity contribution in [1.29, 1.82) is 0 Å². The Labute approximate surface area is 87.4 Å². The maximum Gasteiger partial charge on any atom is 0.210 e. The molecule has 0 bridgehead atoms. The third-order valence-corrected chi connectivity index (χ3v) is 3.14. The molecule has 0 atom stereocenters. The van der Waals surface area contributed by atoms with Crippen LogP contribution in [0.3, 0.4) is 0 Å². The van der Waals surface area contributed by atoms with E-state index in [1.54, 1.807) is 11.3 Å². The molecule has 14 heavy (non-hydrogen) atoms. The number of nitrogens with zero attached hydrogens (tertiary/aromatic N) is 3. The van der Waals surface area contributed by atoms with Crippen molar-refractivity contribution in [3.8, 4) is 5.13 Å². The summed E-state index contributed by atoms with van der Waals surface area (Å²) in [6.45, 7) is 6.30. The van der Waals surface area contributed by atoms with Crippen LogP contribution < -0.4 is 0 Å². The van der Waals surface area contributed by atoms with Crippen LogP contribution in [0.1, 0.15) is 23.9 Å². The Morgan fingerprint density at radius 3 is 2.71 bits per heavy atom. The van der Waals surface area contributed by atoms with Gasteiger partial charge in [-0.15, -0.1) is 11.3 Å². The molecule has 4 heteroatoms. The first kappa shape index (κ1) is 9.40. The number of rotatable bonds is 2. The average Bonchev–Trinajstić information content (AvgIpc) is 2.74. The van der Waals surface area contributed by atoms with Crippen molar-refractivity contribution in [2.75, 3.05) is 0 Å². The minimum atomic E-state index is 0.949. The second-order valence-corrected chi connectivity index (χ2v) is 4.10. The zero-order valence-electron chi connectivity index (χ0n) is 8.61. The Bertz CT molecular complexity index is 428. The van der Waals surface area contributed by atoms with Gasteiger partial charge in [-0.2, -0.15) is 5.10 Å². The fourth-order valence-electron chi connectivity index (χ4n) is 1.69. The van der Waals surface area contributed by atoms with E-state index in [9.17, 15) is 0 Å². The van der Waals surface area contributed by atoms with E-state index < -0.39 is 0 Å². The standard InChI is InChI=1S/C10H13N3S/c1-4-9-7(2)12-13(8(9)3)10-11-5-6-14-10/h5-6H,4H2,1-3H3. The third kappa shape index (κ3) is 1.35. The molecule has 2 rings (SSSR count). The van der Waals surface area contributed by atoms with Crippen molar-refractivity contribution >= 4 is 11.3 Å². The number of aromatic nitrogens is 3. The molecule has 0 radical (unpaired) electrons. The van der Waals surface area contributed by atoms with Crippen molar-refractivity contribution in [1.82, 2.24) is 14.8 Å². The van der Waals surface area contributed by atoms with Crippen LogP contribution in [0.4, 0.5) is 0 Å². The van der Waals surface area contributed by atoms with Gasteiger partial charge in [0.2, 0.25) is 5.13 Å². The van der Waals surface area contributed by atoms with Crippen LogP contribution in [0.15, 0.2) is 11.6 Å². The summed E-state index contributed by atoms with van der Waals surface area (Å²) in [6.07, 6.45) is 2.84. The van der Waals surface area contributed by atoms with Crippen molar-refractivity contribution < 1.29 is 0 Å². The summed E-state index contributed by atoms with van der Waals surface area (Å²) in [5.74, 6) is 0. The van der Waals surface area contributed by atoms with Gasteiger partial charge in [0.15, 0.2) is 0 Å². The van der Waals surface area contributed by atoms with E-state index in [-0.39, 0.29) is 0 Å². The lowest BCUT2D eigenvalue weighted by molar-refractivity contribution is 0.824. The van der Waals surface area contributed by atoms with Gasteiger partial charge in [-0.3, -0.25) is 0 Å². The first-order chi connectivity index (χ1) is 6.74. The highest BCUT2D eigenvalue weighted by Gasteiger charge is 2.11. The van der Waals surface area contributed by atoms with E-state index in [2.05, 4.69) is 30.9 Å². The minimum Gasteiger partial charge on any atom is -0.227 e. The van der Waals surface area contributed by atoms with Crippen molar-refractivity contribution in [2.45, 2.75) is 27.2 Å². The van der Waals surface area contributed by atoms with Crippen LogP contribution in [0.5, 0.6) is 0 Å². The van der Waals surface area contributed by atoms with E-state index in [0.717, 1.165) is 17.2 Å². The number of aryl methyl sites for hydroxylation is 1. The van der Waals surface area contributed by atoms with Crippen LogP contribution in [0.2, 0.25) is 0 Å². The normalized spacial score (nSPS) is 10.8. The highest BCUT2D eigenvalue weighted by molar-refractivity contribution is 7.12. The lowest BCUT2D eigenvalue weighted by atomic mass is 10.1. The molecule has 0 spiro atoms. The highest BCUT2D eigenvalue weighted by atomic mass is 32.1. The molecule has 0 aromatic carbocycles. The first-order valence-corrected chi connectivity index (χ1v) is 5.57. The smallest absolute Gasteiger partial charge is 0.210 e. The molecular weight excluding hydrogens is 194 g/mol. The molecule has 0 aliphatic heterocycles. The summed E-state index contributed by atoms with van der Waals surface area (Å²) in [4.78, 5) is 4.26. The van der Waals surface area contributed by atoms with E-state index in [4.69, 9.17) is 0 Å². The highest BCUT2D eigenvalue weighted by Crippen LogP contribution is 2.19. The van der Waals surface area contributed by atoms with Crippen molar-refractivity contribution in [3.05, 3.63) is 28.5 Å². The largest absolute Gasteiger partial charge is 0.227 e. The Morgan fingerprint density at radius 2 is 2.21 bits per heavy atom. The molecule has 0 amide bonds. The summed E-state index contributed by atoms with van der Waals surface area (Å²) >= 11 is 1.61. The van der Waals surface area contributed by atoms with Gasteiger partial charge in [0.25, 0.3) is 0 Å². The van der Waals surface area contributed by atoms with Crippen LogP contribution in [-0.4, -0.2) is 14.8 Å². The monoisotopic (exact) mass is 207 g/mol. The van der Waals surface area contributed by atoms with Crippen LogP contribution in [-0.2, 0) is 6.42 Å². The molecule has 0 fully saturated rings. The summed E-state index contributed by atoms with van der Waals surface area (Å²) in [7, 11) is 0. The van der Waals surface area contributed by atoms with Crippen molar-refractivity contribution in [3.63, 3.8) is 0 Å². The molecular formula is C10H13N3S. The van der Waals surface area contributed by atoms with Crippen LogP contribution in [0.25, 0.3) is 5.13 Å². The number of hydrogen-bond donors (Lipinski definition) is 0. The summed E-state index contributed by atoms with van der Waals surface area (Å²) < 4.78 is 1.93. The second kappa shape index (κ2) is 3.53. The SMILES string of the molecule is CCc1c(C)nn(-c2nccs2)c1C. The summed E-state index contributed by atoms with van der Waals surface area (Å²) in [5, 5.41) is 7.41. The van der Waals surface area contributed by atoms with Gasteiger partial charge in [-0.05, 0) is 25.8 Å². The number of thiazole rings is 1. The Kier molecular flexibility index (Phi) is 2.37. The predicted octanol–water partition coefficient (Wildman–Crippen LogP) is 2.51. The Balaban J connectivity index is 2.55. The topological polar surface area (TPSA) is 30.7 Å². The van der Waals surface area contributed by atoms with E-state index >= 15 is 0 Å². The van der Waals surface area contributed by atoms with Gasteiger partial charge in [0.05, 0.1) is 5.69 Å². The molecule has 0 saturated carbocycles. The van der Waals surface area contributed by atoms with Crippen LogP contribution >= 0.6 is 11.3 Å². The van der Waals surface area contributed by atoms with Gasteiger partial charge >= 0.3 is 0 Å². The van der Waals surface area contributed by atoms with E-state index in [1.807, 2.05) is 16.3 Å². The van der Waals surface area contributed by atoms with E-state index in [1.165, 1.54) is 11.3 Å². The Morgan fingerprint density at radius 1 is 1.43 bits per heavy atom. The summed E-state index contributed by atoms with van der Waals surface area (Å²) in [6, 6.07) is 0. The van der Waals surface area contributed by atoms with Gasteiger partial charge in [-0.25, -0.2) is 9.67 Å². The van der Waals surface area contributed by atoms with Gasteiger partial charge in [0, 0.05) is 17.3 Å².